The van der Waals surface area contributed by atoms with Gasteiger partial charge in [0.15, 0.2) is 0 Å². The summed E-state index contributed by atoms with van der Waals surface area (Å²) in [6, 6.07) is 21.2. The van der Waals surface area contributed by atoms with E-state index >= 15 is 0 Å². The number of carbonyl (C=O) groups excluding carboxylic acids is 2. The van der Waals surface area contributed by atoms with E-state index < -0.39 is 12.1 Å². The zero-order valence-corrected chi connectivity index (χ0v) is 24.8. The molecule has 0 saturated carbocycles. The Morgan fingerprint density at radius 2 is 1.52 bits per heavy atom. The SMILES string of the molecule is Cc1cc(OCc2ccc(C(C)(C)C)cc2)cc(C)c1C[C@H](N)C(=O)N[C@H](C)C(=O)NCCCc1ccccc1. The molecular weight excluding hydrogens is 498 g/mol. The molecule has 0 spiro atoms. The van der Waals surface area contributed by atoms with Crippen molar-refractivity contribution in [2.75, 3.05) is 6.54 Å². The maximum Gasteiger partial charge on any atom is 0.242 e. The van der Waals surface area contributed by atoms with E-state index in [0.29, 0.717) is 19.6 Å². The van der Waals surface area contributed by atoms with Crippen molar-refractivity contribution in [2.45, 2.75) is 84.9 Å². The first kappa shape index (κ1) is 30.9. The summed E-state index contributed by atoms with van der Waals surface area (Å²) in [7, 11) is 0. The average molecular weight is 544 g/mol. The molecule has 3 rings (SSSR count). The first-order chi connectivity index (χ1) is 18.9. The summed E-state index contributed by atoms with van der Waals surface area (Å²) in [5.74, 6) is 0.231. The Hall–Kier alpha value is -3.64. The van der Waals surface area contributed by atoms with Gasteiger partial charge in [-0.1, -0.05) is 75.4 Å². The minimum Gasteiger partial charge on any atom is -0.489 e. The summed E-state index contributed by atoms with van der Waals surface area (Å²) < 4.78 is 6.08. The Bertz CT molecular complexity index is 1240. The molecular formula is C34H45N3O3. The van der Waals surface area contributed by atoms with Gasteiger partial charge in [0.25, 0.3) is 0 Å². The van der Waals surface area contributed by atoms with Gasteiger partial charge in [-0.15, -0.1) is 0 Å². The Kier molecular flexibility index (Phi) is 10.9. The lowest BCUT2D eigenvalue weighted by atomic mass is 9.87. The van der Waals surface area contributed by atoms with Gasteiger partial charge in [-0.25, -0.2) is 0 Å². The number of carbonyl (C=O) groups is 2. The zero-order chi connectivity index (χ0) is 29.3. The maximum atomic E-state index is 12.8. The van der Waals surface area contributed by atoms with Crippen LogP contribution in [0.2, 0.25) is 0 Å². The number of amides is 2. The van der Waals surface area contributed by atoms with Gasteiger partial charge in [-0.05, 0) is 91.0 Å². The van der Waals surface area contributed by atoms with Crippen molar-refractivity contribution in [1.29, 1.82) is 0 Å². The van der Waals surface area contributed by atoms with E-state index in [-0.39, 0.29) is 17.2 Å². The molecule has 0 fully saturated rings. The van der Waals surface area contributed by atoms with Crippen molar-refractivity contribution in [3.05, 3.63) is 100 Å². The largest absolute Gasteiger partial charge is 0.489 e. The topological polar surface area (TPSA) is 93.4 Å². The van der Waals surface area contributed by atoms with Gasteiger partial charge in [0.05, 0.1) is 6.04 Å². The van der Waals surface area contributed by atoms with Crippen molar-refractivity contribution < 1.29 is 14.3 Å². The van der Waals surface area contributed by atoms with Crippen molar-refractivity contribution in [3.8, 4) is 5.75 Å². The Labute approximate surface area is 239 Å². The molecule has 3 aromatic carbocycles. The van der Waals surface area contributed by atoms with Crippen LogP contribution in [-0.2, 0) is 34.5 Å². The molecule has 4 N–H and O–H groups in total. The Morgan fingerprint density at radius 1 is 0.900 bits per heavy atom. The summed E-state index contributed by atoms with van der Waals surface area (Å²) >= 11 is 0. The van der Waals surface area contributed by atoms with Gasteiger partial charge >= 0.3 is 0 Å². The van der Waals surface area contributed by atoms with E-state index in [1.54, 1.807) is 6.92 Å². The zero-order valence-electron chi connectivity index (χ0n) is 24.8. The number of rotatable bonds is 12. The van der Waals surface area contributed by atoms with Crippen LogP contribution in [-0.4, -0.2) is 30.4 Å². The van der Waals surface area contributed by atoms with Crippen LogP contribution in [0.25, 0.3) is 0 Å². The highest BCUT2D eigenvalue weighted by molar-refractivity contribution is 5.89. The van der Waals surface area contributed by atoms with Crippen molar-refractivity contribution in [1.82, 2.24) is 10.6 Å². The van der Waals surface area contributed by atoms with Crippen LogP contribution in [0.1, 0.15) is 67.5 Å². The van der Waals surface area contributed by atoms with Gasteiger partial charge in [0.1, 0.15) is 18.4 Å². The summed E-state index contributed by atoms with van der Waals surface area (Å²) in [6.45, 7) is 13.3. The fraction of sp³-hybridized carbons (Fsp3) is 0.412. The Balaban J connectivity index is 1.47. The van der Waals surface area contributed by atoms with Gasteiger partial charge in [0, 0.05) is 6.54 Å². The lowest BCUT2D eigenvalue weighted by molar-refractivity contribution is -0.129. The number of benzene rings is 3. The number of nitrogens with two attached hydrogens (primary N) is 1. The lowest BCUT2D eigenvalue weighted by Crippen LogP contribution is -2.51. The monoisotopic (exact) mass is 543 g/mol. The quantitative estimate of drug-likeness (QED) is 0.270. The normalized spacial score (nSPS) is 12.9. The predicted octanol–water partition coefficient (Wildman–Crippen LogP) is 5.30. The maximum absolute atomic E-state index is 12.8. The van der Waals surface area contributed by atoms with Crippen LogP contribution in [0.5, 0.6) is 5.75 Å². The molecule has 3 aromatic rings. The minimum absolute atomic E-state index is 0.119. The minimum atomic E-state index is -0.765. The number of ether oxygens (including phenoxy) is 1. The average Bonchev–Trinajstić information content (AvgIpc) is 2.92. The van der Waals surface area contributed by atoms with E-state index in [2.05, 4.69) is 67.8 Å². The summed E-state index contributed by atoms with van der Waals surface area (Å²) in [5.41, 5.74) is 13.1. The lowest BCUT2D eigenvalue weighted by Gasteiger charge is -2.20. The van der Waals surface area contributed by atoms with Gasteiger partial charge in [-0.3, -0.25) is 9.59 Å². The smallest absolute Gasteiger partial charge is 0.242 e. The second kappa shape index (κ2) is 14.1. The predicted molar refractivity (Wildman–Crippen MR) is 162 cm³/mol. The van der Waals surface area contributed by atoms with Crippen molar-refractivity contribution in [2.24, 2.45) is 5.73 Å². The van der Waals surface area contributed by atoms with Crippen LogP contribution in [0, 0.1) is 13.8 Å². The van der Waals surface area contributed by atoms with E-state index in [1.807, 2.05) is 44.2 Å². The van der Waals surface area contributed by atoms with E-state index in [0.717, 1.165) is 40.8 Å². The molecule has 214 valence electrons. The molecule has 0 heterocycles. The van der Waals surface area contributed by atoms with Crippen LogP contribution in [0.15, 0.2) is 66.7 Å². The molecule has 0 aromatic heterocycles. The standard InChI is InChI=1S/C34H45N3O3/c1-23-19-29(40-22-27-14-16-28(17-15-27)34(4,5)6)20-24(2)30(23)21-31(35)33(39)37-25(3)32(38)36-18-10-13-26-11-8-7-9-12-26/h7-9,11-12,14-17,19-20,25,31H,10,13,18,21-22,35H2,1-6H3,(H,36,38)(H,37,39)/t25-,31+/m1/s1. The molecule has 2 atom stereocenters. The molecule has 0 aliphatic heterocycles. The third-order valence-electron chi connectivity index (χ3n) is 7.19. The third-order valence-corrected chi connectivity index (χ3v) is 7.19. The van der Waals surface area contributed by atoms with Crippen LogP contribution < -0.4 is 21.1 Å². The first-order valence-corrected chi connectivity index (χ1v) is 14.1. The van der Waals surface area contributed by atoms with Crippen molar-refractivity contribution in [3.63, 3.8) is 0 Å². The number of aryl methyl sites for hydroxylation is 3. The van der Waals surface area contributed by atoms with Crippen LogP contribution >= 0.6 is 0 Å². The van der Waals surface area contributed by atoms with E-state index in [1.165, 1.54) is 11.1 Å². The molecule has 0 bridgehead atoms. The molecule has 40 heavy (non-hydrogen) atoms. The fourth-order valence-electron chi connectivity index (χ4n) is 4.63. The number of hydrogen-bond acceptors (Lipinski definition) is 4. The highest BCUT2D eigenvalue weighted by Crippen LogP contribution is 2.25. The Morgan fingerprint density at radius 3 is 2.12 bits per heavy atom. The number of hydrogen-bond donors (Lipinski definition) is 3. The second-order valence-corrected chi connectivity index (χ2v) is 11.7. The number of nitrogens with one attached hydrogen (secondary N) is 2. The van der Waals surface area contributed by atoms with Gasteiger partial charge in [-0.2, -0.15) is 0 Å². The molecule has 0 aliphatic rings. The third kappa shape index (κ3) is 9.23. The highest BCUT2D eigenvalue weighted by atomic mass is 16.5. The van der Waals surface area contributed by atoms with E-state index in [4.69, 9.17) is 10.5 Å². The van der Waals surface area contributed by atoms with E-state index in [9.17, 15) is 9.59 Å². The molecule has 0 aliphatic carbocycles. The molecule has 0 radical (unpaired) electrons. The molecule has 6 nitrogen and oxygen atoms in total. The summed E-state index contributed by atoms with van der Waals surface area (Å²) in [5, 5.41) is 5.66. The van der Waals surface area contributed by atoms with Crippen molar-refractivity contribution >= 4 is 11.8 Å². The molecule has 2 amide bonds. The first-order valence-electron chi connectivity index (χ1n) is 14.1. The second-order valence-electron chi connectivity index (χ2n) is 11.7. The summed E-state index contributed by atoms with van der Waals surface area (Å²) in [4.78, 5) is 25.2. The van der Waals surface area contributed by atoms with Crippen LogP contribution in [0.4, 0.5) is 0 Å². The van der Waals surface area contributed by atoms with Crippen LogP contribution in [0.3, 0.4) is 0 Å². The van der Waals surface area contributed by atoms with Gasteiger partial charge < -0.3 is 21.1 Å². The van der Waals surface area contributed by atoms with Gasteiger partial charge in [0.2, 0.25) is 11.8 Å². The molecule has 6 heteroatoms. The highest BCUT2D eigenvalue weighted by Gasteiger charge is 2.21. The molecule has 0 unspecified atom stereocenters. The fourth-order valence-corrected chi connectivity index (χ4v) is 4.63. The summed E-state index contributed by atoms with van der Waals surface area (Å²) in [6.07, 6.45) is 2.10. The molecule has 0 saturated heterocycles.